The van der Waals surface area contributed by atoms with Gasteiger partial charge in [-0.1, -0.05) is 229 Å². The number of carbonyl (C=O) groups excluding carboxylic acids is 2. The molecule has 1 saturated carbocycles. The Hall–Kier alpha value is -2.19. The molecule has 6 unspecified atom stereocenters. The van der Waals surface area contributed by atoms with Crippen LogP contribution in [0.15, 0.2) is 48.6 Å². The monoisotopic (exact) mass is 1030 g/mol. The first-order valence-corrected chi connectivity index (χ1v) is 29.9. The van der Waals surface area contributed by atoms with Crippen LogP contribution >= 0.6 is 7.82 Å². The quantitative estimate of drug-likeness (QED) is 0.0145. The molecule has 1 aliphatic rings. The van der Waals surface area contributed by atoms with E-state index >= 15 is 0 Å². The van der Waals surface area contributed by atoms with Crippen LogP contribution < -0.4 is 0 Å². The van der Waals surface area contributed by atoms with Crippen LogP contribution in [0.2, 0.25) is 0 Å². The zero-order chi connectivity index (χ0) is 52.1. The van der Waals surface area contributed by atoms with Gasteiger partial charge in [-0.2, -0.15) is 0 Å². The summed E-state index contributed by atoms with van der Waals surface area (Å²) in [6.45, 7) is 3.23. The lowest BCUT2D eigenvalue weighted by Crippen LogP contribution is -2.64. The first-order valence-electron chi connectivity index (χ1n) is 28.4. The van der Waals surface area contributed by atoms with E-state index in [-0.39, 0.29) is 12.8 Å². The summed E-state index contributed by atoms with van der Waals surface area (Å²) >= 11 is 0. The van der Waals surface area contributed by atoms with E-state index in [9.17, 15) is 44.6 Å². The summed E-state index contributed by atoms with van der Waals surface area (Å²) in [6, 6.07) is 0. The number of unbranched alkanes of at least 4 members (excludes halogenated alkanes) is 28. The second-order valence-corrected chi connectivity index (χ2v) is 21.2. The van der Waals surface area contributed by atoms with Gasteiger partial charge in [0.1, 0.15) is 43.2 Å². The second-order valence-electron chi connectivity index (χ2n) is 19.8. The predicted octanol–water partition coefficient (Wildman–Crippen LogP) is 13.1. The van der Waals surface area contributed by atoms with Gasteiger partial charge in [0.15, 0.2) is 6.10 Å². The van der Waals surface area contributed by atoms with Crippen LogP contribution in [0.3, 0.4) is 0 Å². The van der Waals surface area contributed by atoms with E-state index in [0.717, 1.165) is 83.5 Å². The zero-order valence-electron chi connectivity index (χ0n) is 44.5. The number of hydrogen-bond acceptors (Lipinski definition) is 12. The van der Waals surface area contributed by atoms with Gasteiger partial charge in [-0.15, -0.1) is 0 Å². The van der Waals surface area contributed by atoms with E-state index in [0.29, 0.717) is 12.8 Å². The molecular formula is C57H103O13P. The maximum absolute atomic E-state index is 12.9. The SMILES string of the molecule is CC/C=C\C/C=C\C/C=C\C/C=C\CCCCCCCCCCC(=O)OC(COC(=O)CCCCCCCCCCCCCCCCCCCCCCC)COP(=O)(O)OC1C(O)C(O)C(O)C(O)C1O. The van der Waals surface area contributed by atoms with Gasteiger partial charge in [-0.05, 0) is 51.4 Å². The predicted molar refractivity (Wildman–Crippen MR) is 286 cm³/mol. The molecule has 1 rings (SSSR count). The second kappa shape index (κ2) is 46.3. The summed E-state index contributed by atoms with van der Waals surface area (Å²) in [7, 11) is -5.13. The van der Waals surface area contributed by atoms with Crippen molar-refractivity contribution in [3.05, 3.63) is 48.6 Å². The summed E-state index contributed by atoms with van der Waals surface area (Å²) in [4.78, 5) is 36.0. The molecule has 1 fully saturated rings. The van der Waals surface area contributed by atoms with Gasteiger partial charge >= 0.3 is 19.8 Å². The summed E-state index contributed by atoms with van der Waals surface area (Å²) in [6.07, 6.45) is 44.4. The van der Waals surface area contributed by atoms with Gasteiger partial charge in [-0.25, -0.2) is 4.57 Å². The molecule has 13 nitrogen and oxygen atoms in total. The molecule has 14 heteroatoms. The van der Waals surface area contributed by atoms with Crippen molar-refractivity contribution in [2.75, 3.05) is 13.2 Å². The number of ether oxygens (including phenoxy) is 2. The van der Waals surface area contributed by atoms with Crippen LogP contribution in [0.1, 0.15) is 245 Å². The van der Waals surface area contributed by atoms with Crippen molar-refractivity contribution in [1.29, 1.82) is 0 Å². The summed E-state index contributed by atoms with van der Waals surface area (Å²) in [5.74, 6) is -1.10. The number of allylic oxidation sites excluding steroid dienone is 8. The maximum atomic E-state index is 12.9. The third-order valence-corrected chi connectivity index (χ3v) is 14.2. The van der Waals surface area contributed by atoms with Crippen molar-refractivity contribution in [2.45, 2.75) is 288 Å². The van der Waals surface area contributed by atoms with Crippen LogP contribution in [0, 0.1) is 0 Å². The number of carbonyl (C=O) groups is 2. The number of aliphatic hydroxyl groups is 5. The number of rotatable bonds is 48. The highest BCUT2D eigenvalue weighted by Gasteiger charge is 2.51. The standard InChI is InChI=1S/C57H103O13P/c1-3-5-7-9-11-13-15-17-19-21-23-25-27-29-31-33-35-37-39-41-43-45-50(58)67-47-49(48-68-71(65,66)70-57-55(63)53(61)52(60)54(62)56(57)64)69-51(59)46-44-42-40-38-36-34-32-30-28-26-24-22-20-18-16-14-12-10-8-6-4-2/h6,8,12,14,18,20,24,26,49,52-57,60-64H,3-5,7,9-11,13,15-17,19,21-23,25,27-48H2,1-2H3,(H,65,66)/b8-6-,14-12-,20-18-,26-24-. The summed E-state index contributed by atoms with van der Waals surface area (Å²) < 4.78 is 33.7. The van der Waals surface area contributed by atoms with Crippen LogP contribution in [0.25, 0.3) is 0 Å². The lowest BCUT2D eigenvalue weighted by atomic mass is 9.85. The summed E-state index contributed by atoms with van der Waals surface area (Å²) in [5, 5.41) is 50.4. The first kappa shape index (κ1) is 66.8. The average Bonchev–Trinajstić information content (AvgIpc) is 3.35. The smallest absolute Gasteiger partial charge is 0.462 e. The molecule has 71 heavy (non-hydrogen) atoms. The van der Waals surface area contributed by atoms with Gasteiger partial charge in [0.05, 0.1) is 6.61 Å². The fourth-order valence-corrected chi connectivity index (χ4v) is 9.67. The van der Waals surface area contributed by atoms with Gasteiger partial charge < -0.3 is 39.9 Å². The molecule has 414 valence electrons. The van der Waals surface area contributed by atoms with Gasteiger partial charge in [-0.3, -0.25) is 18.6 Å². The van der Waals surface area contributed by atoms with E-state index in [1.165, 1.54) is 122 Å². The fraction of sp³-hybridized carbons (Fsp3) is 0.825. The normalized spacial score (nSPS) is 21.0. The van der Waals surface area contributed by atoms with Crippen LogP contribution in [0.5, 0.6) is 0 Å². The van der Waals surface area contributed by atoms with Crippen LogP contribution in [-0.2, 0) is 32.7 Å². The molecule has 0 aliphatic heterocycles. The minimum absolute atomic E-state index is 0.0879. The molecular weight excluding hydrogens is 924 g/mol. The molecule has 0 saturated heterocycles. The highest BCUT2D eigenvalue weighted by atomic mass is 31.2. The molecule has 0 heterocycles. The van der Waals surface area contributed by atoms with Crippen molar-refractivity contribution in [2.24, 2.45) is 0 Å². The molecule has 0 amide bonds. The molecule has 0 radical (unpaired) electrons. The van der Waals surface area contributed by atoms with Crippen molar-refractivity contribution >= 4 is 19.8 Å². The average molecular weight is 1030 g/mol. The largest absolute Gasteiger partial charge is 0.472 e. The molecule has 0 aromatic rings. The van der Waals surface area contributed by atoms with Gasteiger partial charge in [0.2, 0.25) is 0 Å². The van der Waals surface area contributed by atoms with Crippen molar-refractivity contribution in [3.63, 3.8) is 0 Å². The zero-order valence-corrected chi connectivity index (χ0v) is 45.4. The maximum Gasteiger partial charge on any atom is 0.472 e. The van der Waals surface area contributed by atoms with Crippen molar-refractivity contribution in [1.82, 2.24) is 0 Å². The summed E-state index contributed by atoms with van der Waals surface area (Å²) in [5.41, 5.74) is 0. The fourth-order valence-electron chi connectivity index (χ4n) is 8.69. The molecule has 6 N–H and O–H groups in total. The highest BCUT2D eigenvalue weighted by Crippen LogP contribution is 2.47. The van der Waals surface area contributed by atoms with E-state index < -0.39 is 75.7 Å². The number of phosphoric ester groups is 1. The Morgan fingerprint density at radius 3 is 1.23 bits per heavy atom. The third kappa shape index (κ3) is 38.1. The van der Waals surface area contributed by atoms with E-state index in [2.05, 4.69) is 62.5 Å². The van der Waals surface area contributed by atoms with Crippen molar-refractivity contribution in [3.8, 4) is 0 Å². The number of hydrogen-bond donors (Lipinski definition) is 6. The molecule has 6 atom stereocenters. The molecule has 0 aromatic heterocycles. The number of esters is 2. The molecule has 0 spiro atoms. The Bertz CT molecular complexity index is 1420. The minimum Gasteiger partial charge on any atom is -0.462 e. The lowest BCUT2D eigenvalue weighted by molar-refractivity contribution is -0.220. The Morgan fingerprint density at radius 1 is 0.451 bits per heavy atom. The Morgan fingerprint density at radius 2 is 0.803 bits per heavy atom. The molecule has 0 bridgehead atoms. The first-order chi connectivity index (χ1) is 34.4. The van der Waals surface area contributed by atoms with E-state index in [4.69, 9.17) is 18.5 Å². The van der Waals surface area contributed by atoms with Crippen molar-refractivity contribution < 1.29 is 63.1 Å². The lowest BCUT2D eigenvalue weighted by Gasteiger charge is -2.41. The third-order valence-electron chi connectivity index (χ3n) is 13.2. The van der Waals surface area contributed by atoms with E-state index in [1.54, 1.807) is 0 Å². The van der Waals surface area contributed by atoms with Crippen LogP contribution in [0.4, 0.5) is 0 Å². The highest BCUT2D eigenvalue weighted by molar-refractivity contribution is 7.47. The van der Waals surface area contributed by atoms with E-state index in [1.807, 2.05) is 0 Å². The minimum atomic E-state index is -5.13. The number of phosphoric acid groups is 1. The topological polar surface area (TPSA) is 210 Å². The van der Waals surface area contributed by atoms with Crippen LogP contribution in [-0.4, -0.2) is 98.3 Å². The Labute approximate surface area is 431 Å². The Balaban J connectivity index is 2.34. The van der Waals surface area contributed by atoms with Gasteiger partial charge in [0.25, 0.3) is 0 Å². The number of aliphatic hydroxyl groups excluding tert-OH is 5. The molecule has 1 aliphatic carbocycles. The Kier molecular flexibility index (Phi) is 43.6. The van der Waals surface area contributed by atoms with Gasteiger partial charge in [0, 0.05) is 12.8 Å². The molecule has 0 aromatic carbocycles.